The number of aliphatic carboxylic acids is 1. The molecule has 0 aliphatic heterocycles. The lowest BCUT2D eigenvalue weighted by Crippen LogP contribution is -2.34. The first-order valence-electron chi connectivity index (χ1n) is 8.09. The lowest BCUT2D eigenvalue weighted by Gasteiger charge is -2.22. The molecule has 0 fully saturated rings. The molecule has 0 spiro atoms. The van der Waals surface area contributed by atoms with E-state index in [1.165, 1.54) is 0 Å². The lowest BCUT2D eigenvalue weighted by molar-refractivity contribution is -0.157. The van der Waals surface area contributed by atoms with Gasteiger partial charge in [-0.3, -0.25) is 9.59 Å². The number of carbonyl (C=O) groups is 2. The highest BCUT2D eigenvalue weighted by atomic mass is 16.5. The Bertz CT molecular complexity index is 652. The summed E-state index contributed by atoms with van der Waals surface area (Å²) in [6.07, 6.45) is 0.649. The average molecular weight is 326 g/mol. The van der Waals surface area contributed by atoms with Gasteiger partial charge in [0.05, 0.1) is 18.4 Å². The van der Waals surface area contributed by atoms with Gasteiger partial charge >= 0.3 is 11.9 Å². The van der Waals surface area contributed by atoms with E-state index in [-0.39, 0.29) is 6.61 Å². The molecule has 2 aromatic rings. The molecule has 4 nitrogen and oxygen atoms in total. The van der Waals surface area contributed by atoms with Gasteiger partial charge in [-0.05, 0) is 30.9 Å². The molecule has 0 aliphatic rings. The smallest absolute Gasteiger partial charge is 0.310 e. The van der Waals surface area contributed by atoms with Crippen molar-refractivity contribution in [3.05, 3.63) is 71.8 Å². The number of carbonyl (C=O) groups excluding carboxylic acids is 1. The van der Waals surface area contributed by atoms with Crippen LogP contribution < -0.4 is 0 Å². The third-order valence-electron chi connectivity index (χ3n) is 3.99. The van der Waals surface area contributed by atoms with Crippen LogP contribution in [0.1, 0.15) is 18.1 Å². The lowest BCUT2D eigenvalue weighted by atomic mass is 9.82. The summed E-state index contributed by atoms with van der Waals surface area (Å²) in [4.78, 5) is 24.2. The van der Waals surface area contributed by atoms with Crippen molar-refractivity contribution >= 4 is 11.9 Å². The fourth-order valence-electron chi connectivity index (χ4n) is 2.78. The predicted octanol–water partition coefficient (Wildman–Crippen LogP) is 3.35. The summed E-state index contributed by atoms with van der Waals surface area (Å²) in [7, 11) is 0. The van der Waals surface area contributed by atoms with Crippen LogP contribution in [0.2, 0.25) is 0 Å². The highest BCUT2D eigenvalue weighted by Crippen LogP contribution is 2.24. The molecule has 0 aromatic heterocycles. The van der Waals surface area contributed by atoms with Crippen LogP contribution in [0.25, 0.3) is 0 Å². The van der Waals surface area contributed by atoms with Gasteiger partial charge in [-0.2, -0.15) is 0 Å². The van der Waals surface area contributed by atoms with Gasteiger partial charge in [0.15, 0.2) is 0 Å². The second kappa shape index (κ2) is 8.87. The number of benzene rings is 2. The highest BCUT2D eigenvalue weighted by Gasteiger charge is 2.35. The van der Waals surface area contributed by atoms with Crippen LogP contribution in [0.5, 0.6) is 0 Å². The number of hydrogen-bond acceptors (Lipinski definition) is 3. The van der Waals surface area contributed by atoms with Crippen molar-refractivity contribution in [2.24, 2.45) is 11.8 Å². The van der Waals surface area contributed by atoms with E-state index in [9.17, 15) is 14.7 Å². The number of ether oxygens (including phenoxy) is 1. The third kappa shape index (κ3) is 4.95. The van der Waals surface area contributed by atoms with Crippen molar-refractivity contribution in [1.82, 2.24) is 0 Å². The molecular weight excluding hydrogens is 304 g/mol. The quantitative estimate of drug-likeness (QED) is 0.756. The molecule has 0 saturated heterocycles. The Labute approximate surface area is 142 Å². The van der Waals surface area contributed by atoms with Crippen LogP contribution in [-0.2, 0) is 27.2 Å². The van der Waals surface area contributed by atoms with Crippen LogP contribution in [-0.4, -0.2) is 23.7 Å². The minimum Gasteiger partial charge on any atom is -0.481 e. The molecule has 0 bridgehead atoms. The second-order valence-electron chi connectivity index (χ2n) is 5.68. The first kappa shape index (κ1) is 17.7. The van der Waals surface area contributed by atoms with Gasteiger partial charge in [-0.1, -0.05) is 60.7 Å². The summed E-state index contributed by atoms with van der Waals surface area (Å²) in [5.74, 6) is -2.98. The van der Waals surface area contributed by atoms with Gasteiger partial charge in [0.2, 0.25) is 0 Å². The van der Waals surface area contributed by atoms with Crippen molar-refractivity contribution in [2.45, 2.75) is 19.8 Å². The van der Waals surface area contributed by atoms with E-state index in [1.54, 1.807) is 6.92 Å². The van der Waals surface area contributed by atoms with E-state index in [4.69, 9.17) is 4.74 Å². The van der Waals surface area contributed by atoms with Crippen molar-refractivity contribution in [3.8, 4) is 0 Å². The van der Waals surface area contributed by atoms with E-state index < -0.39 is 23.8 Å². The van der Waals surface area contributed by atoms with Crippen LogP contribution >= 0.6 is 0 Å². The zero-order chi connectivity index (χ0) is 17.4. The summed E-state index contributed by atoms with van der Waals surface area (Å²) < 4.78 is 5.14. The van der Waals surface area contributed by atoms with Gasteiger partial charge in [0.1, 0.15) is 0 Å². The molecule has 0 amide bonds. The summed E-state index contributed by atoms with van der Waals surface area (Å²) in [5, 5.41) is 9.69. The zero-order valence-corrected chi connectivity index (χ0v) is 13.7. The summed E-state index contributed by atoms with van der Waals surface area (Å²) in [5.41, 5.74) is 1.82. The molecule has 0 unspecified atom stereocenters. The summed E-state index contributed by atoms with van der Waals surface area (Å²) in [6, 6.07) is 18.8. The molecule has 2 aromatic carbocycles. The molecule has 0 aliphatic carbocycles. The minimum atomic E-state index is -0.979. The Balaban J connectivity index is 2.26. The average Bonchev–Trinajstić information content (AvgIpc) is 2.60. The highest BCUT2D eigenvalue weighted by molar-refractivity contribution is 5.81. The van der Waals surface area contributed by atoms with Gasteiger partial charge in [0.25, 0.3) is 0 Å². The van der Waals surface area contributed by atoms with E-state index in [0.717, 1.165) is 11.1 Å². The Kier molecular flexibility index (Phi) is 6.55. The molecular formula is C20H22O4. The molecule has 126 valence electrons. The number of carboxylic acid groups (broad SMARTS) is 1. The second-order valence-corrected chi connectivity index (χ2v) is 5.68. The van der Waals surface area contributed by atoms with Crippen LogP contribution in [0.4, 0.5) is 0 Å². The normalized spacial score (nSPS) is 13.0. The van der Waals surface area contributed by atoms with Crippen LogP contribution in [0.15, 0.2) is 60.7 Å². The van der Waals surface area contributed by atoms with Crippen molar-refractivity contribution in [1.29, 1.82) is 0 Å². The van der Waals surface area contributed by atoms with E-state index in [2.05, 4.69) is 0 Å². The largest absolute Gasteiger partial charge is 0.481 e. The Hall–Kier alpha value is -2.62. The van der Waals surface area contributed by atoms with Crippen molar-refractivity contribution in [2.75, 3.05) is 6.61 Å². The maximum Gasteiger partial charge on any atom is 0.310 e. The third-order valence-corrected chi connectivity index (χ3v) is 3.99. The number of carboxylic acids is 1. The minimum absolute atomic E-state index is 0.238. The Morgan fingerprint density at radius 3 is 1.75 bits per heavy atom. The monoisotopic (exact) mass is 326 g/mol. The molecule has 24 heavy (non-hydrogen) atoms. The first-order chi connectivity index (χ1) is 11.6. The van der Waals surface area contributed by atoms with Crippen molar-refractivity contribution < 1.29 is 19.4 Å². The fourth-order valence-corrected chi connectivity index (χ4v) is 2.78. The number of hydrogen-bond donors (Lipinski definition) is 1. The number of rotatable bonds is 8. The van der Waals surface area contributed by atoms with Crippen LogP contribution in [0, 0.1) is 11.8 Å². The number of esters is 1. The van der Waals surface area contributed by atoms with E-state index >= 15 is 0 Å². The first-order valence-corrected chi connectivity index (χ1v) is 8.09. The maximum atomic E-state index is 12.4. The Morgan fingerprint density at radius 2 is 1.33 bits per heavy atom. The molecule has 0 saturated carbocycles. The van der Waals surface area contributed by atoms with E-state index in [0.29, 0.717) is 12.8 Å². The standard InChI is InChI=1S/C20H22O4/c1-2-24-20(23)18(14-16-11-7-4-8-12-16)17(19(21)22)13-15-9-5-3-6-10-15/h3-12,17-18H,2,13-14H2,1H3,(H,21,22)/t17-,18-/m1/s1. The fraction of sp³-hybridized carbons (Fsp3) is 0.300. The SMILES string of the molecule is CCOC(=O)[C@H](Cc1ccccc1)[C@@H](Cc1ccccc1)C(=O)O. The zero-order valence-electron chi connectivity index (χ0n) is 13.7. The summed E-state index contributed by atoms with van der Waals surface area (Å²) >= 11 is 0. The maximum absolute atomic E-state index is 12.4. The van der Waals surface area contributed by atoms with Gasteiger partial charge < -0.3 is 9.84 Å². The molecule has 0 radical (unpaired) electrons. The van der Waals surface area contributed by atoms with Crippen molar-refractivity contribution in [3.63, 3.8) is 0 Å². The van der Waals surface area contributed by atoms with E-state index in [1.807, 2.05) is 60.7 Å². The van der Waals surface area contributed by atoms with Gasteiger partial charge in [-0.25, -0.2) is 0 Å². The van der Waals surface area contributed by atoms with Gasteiger partial charge in [0, 0.05) is 0 Å². The topological polar surface area (TPSA) is 63.6 Å². The molecule has 2 rings (SSSR count). The van der Waals surface area contributed by atoms with Gasteiger partial charge in [-0.15, -0.1) is 0 Å². The molecule has 4 heteroatoms. The summed E-state index contributed by atoms with van der Waals surface area (Å²) in [6.45, 7) is 1.96. The van der Waals surface area contributed by atoms with Crippen LogP contribution in [0.3, 0.4) is 0 Å². The molecule has 0 heterocycles. The molecule has 2 atom stereocenters. The predicted molar refractivity (Wildman–Crippen MR) is 91.5 cm³/mol. The molecule has 1 N–H and O–H groups in total. The Morgan fingerprint density at radius 1 is 0.875 bits per heavy atom.